The molecule has 7 heteroatoms. The number of aryl methyl sites for hydroxylation is 1. The van der Waals surface area contributed by atoms with E-state index in [0.29, 0.717) is 17.8 Å². The molecular weight excluding hydrogens is 332 g/mol. The van der Waals surface area contributed by atoms with Gasteiger partial charge in [-0.3, -0.25) is 14.7 Å². The Morgan fingerprint density at radius 3 is 3.12 bits per heavy atom. The van der Waals surface area contributed by atoms with Crippen LogP contribution in [-0.2, 0) is 11.3 Å². The summed E-state index contributed by atoms with van der Waals surface area (Å²) in [5.41, 5.74) is 1.96. The minimum absolute atomic E-state index is 0.0362. The first-order valence-electron chi connectivity index (χ1n) is 8.68. The molecule has 1 aromatic carbocycles. The fourth-order valence-corrected chi connectivity index (χ4v) is 3.30. The van der Waals surface area contributed by atoms with E-state index >= 15 is 0 Å². The third-order valence-electron chi connectivity index (χ3n) is 4.72. The zero-order valence-corrected chi connectivity index (χ0v) is 14.5. The summed E-state index contributed by atoms with van der Waals surface area (Å²) in [6.07, 6.45) is 5.42. The Hall–Kier alpha value is -2.93. The summed E-state index contributed by atoms with van der Waals surface area (Å²) in [5, 5.41) is 10.6. The number of aromatic amines is 1. The summed E-state index contributed by atoms with van der Waals surface area (Å²) in [6, 6.07) is 7.24. The number of anilines is 1. The monoisotopic (exact) mass is 352 g/mol. The number of hydrogen-bond donors (Lipinski definition) is 2. The average Bonchev–Trinajstić information content (AvgIpc) is 3.28. The van der Waals surface area contributed by atoms with Crippen molar-refractivity contribution in [2.45, 2.75) is 32.4 Å². The Bertz CT molecular complexity index is 1020. The van der Waals surface area contributed by atoms with Gasteiger partial charge in [-0.2, -0.15) is 5.10 Å². The number of carbonyl (C=O) groups excluding carboxylic acids is 1. The highest BCUT2D eigenvalue weighted by molar-refractivity contribution is 6.05. The molecular formula is C19H20N4O3. The first-order valence-corrected chi connectivity index (χ1v) is 8.68. The highest BCUT2D eigenvalue weighted by Crippen LogP contribution is 2.18. The minimum Gasteiger partial charge on any atom is -0.376 e. The summed E-state index contributed by atoms with van der Waals surface area (Å²) < 4.78 is 7.17. The summed E-state index contributed by atoms with van der Waals surface area (Å²) in [5.74, 6) is -0.409. The molecule has 3 heterocycles. The van der Waals surface area contributed by atoms with Crippen LogP contribution in [0.1, 0.15) is 28.8 Å². The van der Waals surface area contributed by atoms with Crippen molar-refractivity contribution < 1.29 is 9.53 Å². The van der Waals surface area contributed by atoms with Crippen LogP contribution >= 0.6 is 0 Å². The van der Waals surface area contributed by atoms with Crippen LogP contribution < -0.4 is 10.9 Å². The Balaban J connectivity index is 1.60. The molecule has 1 unspecified atom stereocenters. The van der Waals surface area contributed by atoms with Crippen LogP contribution in [0.5, 0.6) is 0 Å². The Kier molecular flexibility index (Phi) is 4.30. The highest BCUT2D eigenvalue weighted by atomic mass is 16.5. The predicted octanol–water partition coefficient (Wildman–Crippen LogP) is 2.46. The van der Waals surface area contributed by atoms with Crippen LogP contribution in [0.3, 0.4) is 0 Å². The van der Waals surface area contributed by atoms with Crippen molar-refractivity contribution in [1.82, 2.24) is 14.8 Å². The molecule has 2 aromatic heterocycles. The van der Waals surface area contributed by atoms with Gasteiger partial charge >= 0.3 is 0 Å². The lowest BCUT2D eigenvalue weighted by molar-refractivity contribution is 0.0952. The van der Waals surface area contributed by atoms with E-state index in [-0.39, 0.29) is 17.2 Å². The number of benzene rings is 1. The van der Waals surface area contributed by atoms with Gasteiger partial charge in [0.1, 0.15) is 5.56 Å². The van der Waals surface area contributed by atoms with Crippen molar-refractivity contribution in [1.29, 1.82) is 0 Å². The molecule has 3 aromatic rings. The van der Waals surface area contributed by atoms with E-state index in [1.54, 1.807) is 42.1 Å². The number of nitrogens with one attached hydrogen (secondary N) is 2. The number of hydrogen-bond acceptors (Lipinski definition) is 4. The number of H-pyrrole nitrogens is 1. The predicted molar refractivity (Wildman–Crippen MR) is 98.5 cm³/mol. The Labute approximate surface area is 150 Å². The van der Waals surface area contributed by atoms with E-state index in [2.05, 4.69) is 15.5 Å². The zero-order chi connectivity index (χ0) is 18.1. The first kappa shape index (κ1) is 16.5. The van der Waals surface area contributed by atoms with E-state index in [1.807, 2.05) is 6.07 Å². The van der Waals surface area contributed by atoms with Crippen molar-refractivity contribution in [3.05, 3.63) is 58.1 Å². The van der Waals surface area contributed by atoms with E-state index in [0.717, 1.165) is 30.4 Å². The van der Waals surface area contributed by atoms with Crippen molar-refractivity contribution in [2.24, 2.45) is 0 Å². The second-order valence-electron chi connectivity index (χ2n) is 6.59. The lowest BCUT2D eigenvalue weighted by Crippen LogP contribution is -2.32. The Morgan fingerprint density at radius 1 is 1.42 bits per heavy atom. The van der Waals surface area contributed by atoms with Crippen molar-refractivity contribution in [3.8, 4) is 0 Å². The number of ether oxygens (including phenoxy) is 1. The number of rotatable bonds is 4. The smallest absolute Gasteiger partial charge is 0.263 e. The molecule has 2 N–H and O–H groups in total. The van der Waals surface area contributed by atoms with Crippen LogP contribution in [-0.4, -0.2) is 33.4 Å². The molecule has 0 aliphatic carbocycles. The number of pyridine rings is 1. The minimum atomic E-state index is -0.409. The van der Waals surface area contributed by atoms with Gasteiger partial charge in [0.25, 0.3) is 11.5 Å². The number of aromatic nitrogens is 3. The first-order chi connectivity index (χ1) is 12.6. The van der Waals surface area contributed by atoms with E-state index < -0.39 is 5.91 Å². The third-order valence-corrected chi connectivity index (χ3v) is 4.72. The molecule has 1 fully saturated rings. The number of carbonyl (C=O) groups is 1. The molecule has 1 aliphatic heterocycles. The van der Waals surface area contributed by atoms with Crippen LogP contribution in [0.15, 0.2) is 41.5 Å². The van der Waals surface area contributed by atoms with Crippen LogP contribution in [0, 0.1) is 6.92 Å². The molecule has 7 nitrogen and oxygen atoms in total. The van der Waals surface area contributed by atoms with Gasteiger partial charge in [-0.25, -0.2) is 0 Å². The van der Waals surface area contributed by atoms with Crippen molar-refractivity contribution in [3.63, 3.8) is 0 Å². The third kappa shape index (κ3) is 3.13. The van der Waals surface area contributed by atoms with Crippen molar-refractivity contribution in [2.75, 3.05) is 11.9 Å². The fourth-order valence-electron chi connectivity index (χ4n) is 3.30. The summed E-state index contributed by atoms with van der Waals surface area (Å²) in [7, 11) is 0. The SMILES string of the molecule is Cc1ccn(CC2CCCO2)c(=O)c1C(=O)Nc1ccc2cn[nH]c2c1. The van der Waals surface area contributed by atoms with Gasteiger partial charge in [-0.15, -0.1) is 0 Å². The van der Waals surface area contributed by atoms with E-state index in [9.17, 15) is 9.59 Å². The lowest BCUT2D eigenvalue weighted by atomic mass is 10.1. The van der Waals surface area contributed by atoms with Gasteiger partial charge in [0.15, 0.2) is 0 Å². The van der Waals surface area contributed by atoms with Crippen LogP contribution in [0.2, 0.25) is 0 Å². The van der Waals surface area contributed by atoms with Gasteiger partial charge in [-0.1, -0.05) is 0 Å². The summed E-state index contributed by atoms with van der Waals surface area (Å²) >= 11 is 0. The standard InChI is InChI=1S/C19H20N4O3/c1-12-6-7-23(11-15-3-2-8-26-15)19(25)17(12)18(24)21-14-5-4-13-10-20-22-16(13)9-14/h4-7,9-10,15H,2-3,8,11H2,1H3,(H,20,22)(H,21,24). The summed E-state index contributed by atoms with van der Waals surface area (Å²) in [4.78, 5) is 25.5. The number of fused-ring (bicyclic) bond motifs is 1. The molecule has 1 saturated heterocycles. The second kappa shape index (κ2) is 6.76. The maximum absolute atomic E-state index is 12.8. The topological polar surface area (TPSA) is 89.0 Å². The number of nitrogens with zero attached hydrogens (tertiary/aromatic N) is 2. The van der Waals surface area contributed by atoms with E-state index in [4.69, 9.17) is 4.74 Å². The molecule has 1 amide bonds. The quantitative estimate of drug-likeness (QED) is 0.755. The van der Waals surface area contributed by atoms with Gasteiger partial charge in [0, 0.05) is 23.9 Å². The van der Waals surface area contributed by atoms with Crippen LogP contribution in [0.4, 0.5) is 5.69 Å². The molecule has 4 rings (SSSR count). The van der Waals surface area contributed by atoms with Gasteiger partial charge in [0.2, 0.25) is 0 Å². The molecule has 26 heavy (non-hydrogen) atoms. The zero-order valence-electron chi connectivity index (χ0n) is 14.5. The molecule has 1 atom stereocenters. The molecule has 0 spiro atoms. The maximum Gasteiger partial charge on any atom is 0.263 e. The molecule has 134 valence electrons. The molecule has 0 saturated carbocycles. The maximum atomic E-state index is 12.8. The fraction of sp³-hybridized carbons (Fsp3) is 0.316. The van der Waals surface area contributed by atoms with Crippen LogP contribution in [0.25, 0.3) is 10.9 Å². The van der Waals surface area contributed by atoms with Crippen molar-refractivity contribution >= 4 is 22.5 Å². The Morgan fingerprint density at radius 2 is 2.31 bits per heavy atom. The van der Waals surface area contributed by atoms with E-state index in [1.165, 1.54) is 0 Å². The number of amides is 1. The van der Waals surface area contributed by atoms with Gasteiger partial charge in [0.05, 0.1) is 24.4 Å². The van der Waals surface area contributed by atoms with Gasteiger partial charge < -0.3 is 14.6 Å². The highest BCUT2D eigenvalue weighted by Gasteiger charge is 2.20. The molecule has 0 bridgehead atoms. The molecule has 1 aliphatic rings. The largest absolute Gasteiger partial charge is 0.376 e. The van der Waals surface area contributed by atoms with Gasteiger partial charge in [-0.05, 0) is 49.6 Å². The normalized spacial score (nSPS) is 16.9. The lowest BCUT2D eigenvalue weighted by Gasteiger charge is -2.14. The average molecular weight is 352 g/mol. The molecule has 0 radical (unpaired) electrons. The second-order valence-corrected chi connectivity index (χ2v) is 6.59. The summed E-state index contributed by atoms with van der Waals surface area (Å²) in [6.45, 7) is 2.97.